The molecule has 1 aliphatic rings. The normalized spacial score (nSPS) is 14.6. The summed E-state index contributed by atoms with van der Waals surface area (Å²) in [5.41, 5.74) is 7.97. The molecule has 1 aliphatic heterocycles. The molecule has 8 nitrogen and oxygen atoms in total. The van der Waals surface area contributed by atoms with Gasteiger partial charge in [0.15, 0.2) is 17.2 Å². The number of hydrogen-bond donors (Lipinski definition) is 4. The number of phenolic OH excluding ortho intramolecular Hbond substituents is 3. The Hall–Kier alpha value is -3.72. The lowest BCUT2D eigenvalue weighted by molar-refractivity contribution is 0.0746. The lowest BCUT2D eigenvalue weighted by atomic mass is 10.1. The fourth-order valence-electron chi connectivity index (χ4n) is 3.43. The minimum absolute atomic E-state index is 0.131. The average Bonchev–Trinajstić information content (AvgIpc) is 3.32. The van der Waals surface area contributed by atoms with Gasteiger partial charge in [-0.05, 0) is 47.8 Å². The highest BCUT2D eigenvalue weighted by molar-refractivity contribution is 7.12. The van der Waals surface area contributed by atoms with Crippen LogP contribution in [0.25, 0.3) is 0 Å². The number of carbonyl (C=O) groups is 1. The van der Waals surface area contributed by atoms with E-state index >= 15 is 0 Å². The lowest BCUT2D eigenvalue weighted by Crippen LogP contribution is -2.48. The molecule has 5 N–H and O–H groups in total. The minimum atomic E-state index is -0.633. The van der Waals surface area contributed by atoms with Crippen molar-refractivity contribution < 1.29 is 20.1 Å². The van der Waals surface area contributed by atoms with E-state index in [2.05, 4.69) is 9.89 Å². The highest BCUT2D eigenvalue weighted by atomic mass is 32.1. The van der Waals surface area contributed by atoms with Gasteiger partial charge in [-0.3, -0.25) is 4.79 Å². The molecule has 31 heavy (non-hydrogen) atoms. The van der Waals surface area contributed by atoms with Gasteiger partial charge in [0.2, 0.25) is 0 Å². The van der Waals surface area contributed by atoms with Gasteiger partial charge in [0.25, 0.3) is 5.91 Å². The number of rotatable bonds is 4. The minimum Gasteiger partial charge on any atom is -0.504 e. The Morgan fingerprint density at radius 2 is 1.61 bits per heavy atom. The second-order valence-electron chi connectivity index (χ2n) is 7.13. The van der Waals surface area contributed by atoms with Crippen molar-refractivity contribution in [2.24, 2.45) is 10.7 Å². The predicted molar refractivity (Wildman–Crippen MR) is 121 cm³/mol. The number of anilines is 1. The van der Waals surface area contributed by atoms with Crippen LogP contribution in [0.2, 0.25) is 0 Å². The quantitative estimate of drug-likeness (QED) is 0.282. The smallest absolute Gasteiger partial charge is 0.254 e. The fraction of sp³-hybridized carbons (Fsp3) is 0.182. The van der Waals surface area contributed by atoms with Crippen LogP contribution in [-0.2, 0) is 0 Å². The topological polar surface area (TPSA) is 123 Å². The molecule has 4 rings (SSSR count). The molecule has 0 aliphatic carbocycles. The summed E-state index contributed by atoms with van der Waals surface area (Å²) in [6.45, 7) is 2.27. The van der Waals surface area contributed by atoms with E-state index in [4.69, 9.17) is 5.73 Å². The zero-order chi connectivity index (χ0) is 22.0. The maximum Gasteiger partial charge on any atom is 0.254 e. The van der Waals surface area contributed by atoms with Crippen molar-refractivity contribution in [3.63, 3.8) is 0 Å². The van der Waals surface area contributed by atoms with Crippen LogP contribution in [0.3, 0.4) is 0 Å². The van der Waals surface area contributed by atoms with Gasteiger partial charge >= 0.3 is 0 Å². The first-order chi connectivity index (χ1) is 14.9. The number of amidine groups is 1. The van der Waals surface area contributed by atoms with Crippen molar-refractivity contribution in [3.05, 3.63) is 64.4 Å². The van der Waals surface area contributed by atoms with E-state index in [0.717, 1.165) is 28.4 Å². The summed E-state index contributed by atoms with van der Waals surface area (Å²) >= 11 is 1.54. The Labute approximate surface area is 183 Å². The molecule has 1 aromatic heterocycles. The Balaban J connectivity index is 1.38. The highest BCUT2D eigenvalue weighted by Crippen LogP contribution is 2.35. The van der Waals surface area contributed by atoms with Crippen LogP contribution in [0, 0.1) is 0 Å². The van der Waals surface area contributed by atoms with Crippen LogP contribution in [0.4, 0.5) is 11.4 Å². The van der Waals surface area contributed by atoms with Gasteiger partial charge in [0, 0.05) is 37.4 Å². The SMILES string of the molecule is NC(=Nc1ccc(N2CCN(C(=O)c3cc(O)c(O)c(O)c3)CC2)cc1)c1cccs1. The summed E-state index contributed by atoms with van der Waals surface area (Å²) in [6.07, 6.45) is 0. The zero-order valence-electron chi connectivity index (χ0n) is 16.6. The Morgan fingerprint density at radius 1 is 0.968 bits per heavy atom. The monoisotopic (exact) mass is 438 g/mol. The Morgan fingerprint density at radius 3 is 2.19 bits per heavy atom. The van der Waals surface area contributed by atoms with Crippen molar-refractivity contribution in [1.29, 1.82) is 0 Å². The first-order valence-electron chi connectivity index (χ1n) is 9.69. The number of phenols is 3. The van der Waals surface area contributed by atoms with Gasteiger partial charge in [-0.1, -0.05) is 6.07 Å². The lowest BCUT2D eigenvalue weighted by Gasteiger charge is -2.36. The van der Waals surface area contributed by atoms with Crippen LogP contribution in [0.15, 0.2) is 58.9 Å². The first-order valence-corrected chi connectivity index (χ1v) is 10.6. The fourth-order valence-corrected chi connectivity index (χ4v) is 4.06. The maximum atomic E-state index is 12.7. The molecule has 1 amide bonds. The standard InChI is InChI=1S/C22H22N4O4S/c23-21(19-2-1-11-31-19)24-15-3-5-16(6-4-15)25-7-9-26(10-8-25)22(30)14-12-17(27)20(29)18(28)13-14/h1-6,11-13,27-29H,7-10H2,(H2,23,24). The molecule has 1 fully saturated rings. The molecule has 9 heteroatoms. The third kappa shape index (κ3) is 4.41. The van der Waals surface area contributed by atoms with E-state index in [-0.39, 0.29) is 11.5 Å². The number of amides is 1. The van der Waals surface area contributed by atoms with E-state index in [1.165, 1.54) is 0 Å². The van der Waals surface area contributed by atoms with Crippen molar-refractivity contribution in [3.8, 4) is 17.2 Å². The summed E-state index contributed by atoms with van der Waals surface area (Å²) < 4.78 is 0. The molecule has 160 valence electrons. The molecule has 0 unspecified atom stereocenters. The van der Waals surface area contributed by atoms with E-state index in [1.807, 2.05) is 41.8 Å². The summed E-state index contributed by atoms with van der Waals surface area (Å²) in [6, 6.07) is 14.0. The Bertz CT molecular complexity index is 1080. The third-order valence-corrected chi connectivity index (χ3v) is 6.01. The van der Waals surface area contributed by atoms with Crippen molar-refractivity contribution >= 4 is 34.5 Å². The summed E-state index contributed by atoms with van der Waals surface area (Å²) in [7, 11) is 0. The predicted octanol–water partition coefficient (Wildman–Crippen LogP) is 2.86. The third-order valence-electron chi connectivity index (χ3n) is 5.12. The van der Waals surface area contributed by atoms with Gasteiger partial charge < -0.3 is 30.9 Å². The van der Waals surface area contributed by atoms with Crippen molar-refractivity contribution in [2.45, 2.75) is 0 Å². The number of carbonyl (C=O) groups excluding carboxylic acids is 1. The molecule has 0 spiro atoms. The van der Waals surface area contributed by atoms with Gasteiger partial charge in [-0.25, -0.2) is 4.99 Å². The van der Waals surface area contributed by atoms with Crippen LogP contribution in [0.1, 0.15) is 15.2 Å². The van der Waals surface area contributed by atoms with Crippen molar-refractivity contribution in [2.75, 3.05) is 31.1 Å². The average molecular weight is 439 g/mol. The number of thiophene rings is 1. The second-order valence-corrected chi connectivity index (χ2v) is 8.08. The second kappa shape index (κ2) is 8.57. The van der Waals surface area contributed by atoms with E-state index in [1.54, 1.807) is 16.2 Å². The van der Waals surface area contributed by atoms with Gasteiger partial charge in [-0.2, -0.15) is 0 Å². The molecular weight excluding hydrogens is 416 g/mol. The molecule has 0 saturated carbocycles. The molecule has 2 heterocycles. The number of hydrogen-bond acceptors (Lipinski definition) is 7. The molecule has 3 aromatic rings. The van der Waals surface area contributed by atoms with Gasteiger partial charge in [0.1, 0.15) is 5.84 Å². The number of benzene rings is 2. The summed E-state index contributed by atoms with van der Waals surface area (Å²) in [4.78, 5) is 21.9. The zero-order valence-corrected chi connectivity index (χ0v) is 17.4. The van der Waals surface area contributed by atoms with Crippen LogP contribution >= 0.6 is 11.3 Å². The van der Waals surface area contributed by atoms with Crippen LogP contribution in [0.5, 0.6) is 17.2 Å². The molecule has 0 radical (unpaired) electrons. The number of aromatic hydroxyl groups is 3. The summed E-state index contributed by atoms with van der Waals surface area (Å²) in [5, 5.41) is 30.7. The van der Waals surface area contributed by atoms with Gasteiger partial charge in [-0.15, -0.1) is 11.3 Å². The molecule has 2 aromatic carbocycles. The molecular formula is C22H22N4O4S. The van der Waals surface area contributed by atoms with Crippen molar-refractivity contribution in [1.82, 2.24) is 4.90 Å². The molecule has 0 atom stereocenters. The van der Waals surface area contributed by atoms with Gasteiger partial charge in [0.05, 0.1) is 10.6 Å². The number of nitrogens with zero attached hydrogens (tertiary/aromatic N) is 3. The molecule has 1 saturated heterocycles. The number of nitrogens with two attached hydrogens (primary N) is 1. The van der Waals surface area contributed by atoms with Crippen LogP contribution < -0.4 is 10.6 Å². The number of aliphatic imine (C=N–C) groups is 1. The number of piperazine rings is 1. The van der Waals surface area contributed by atoms with E-state index in [9.17, 15) is 20.1 Å². The molecule has 0 bridgehead atoms. The highest BCUT2D eigenvalue weighted by Gasteiger charge is 2.24. The van der Waals surface area contributed by atoms with E-state index < -0.39 is 17.2 Å². The first kappa shape index (κ1) is 20.5. The van der Waals surface area contributed by atoms with Crippen LogP contribution in [-0.4, -0.2) is 58.1 Å². The van der Waals surface area contributed by atoms with E-state index in [0.29, 0.717) is 32.0 Å². The maximum absolute atomic E-state index is 12.7. The largest absolute Gasteiger partial charge is 0.504 e. The summed E-state index contributed by atoms with van der Waals surface area (Å²) in [5.74, 6) is -1.50. The Kier molecular flexibility index (Phi) is 5.68.